The van der Waals surface area contributed by atoms with Gasteiger partial charge in [0.2, 0.25) is 21.8 Å². The van der Waals surface area contributed by atoms with Gasteiger partial charge >= 0.3 is 0 Å². The second-order valence-corrected chi connectivity index (χ2v) is 11.9. The van der Waals surface area contributed by atoms with Gasteiger partial charge in [-0.15, -0.1) is 0 Å². The van der Waals surface area contributed by atoms with Gasteiger partial charge in [0.05, 0.1) is 19.1 Å². The molecular formula is C26H34BrN3O5S. The van der Waals surface area contributed by atoms with Crippen molar-refractivity contribution in [1.82, 2.24) is 10.2 Å². The Balaban J connectivity index is 1.89. The molecule has 1 aliphatic rings. The van der Waals surface area contributed by atoms with Crippen LogP contribution in [0.25, 0.3) is 0 Å². The zero-order valence-corrected chi connectivity index (χ0v) is 23.3. The Kier molecular flexibility index (Phi) is 9.78. The van der Waals surface area contributed by atoms with Crippen LogP contribution < -0.4 is 14.4 Å². The number of amides is 2. The van der Waals surface area contributed by atoms with Crippen molar-refractivity contribution in [3.63, 3.8) is 0 Å². The van der Waals surface area contributed by atoms with E-state index < -0.39 is 28.5 Å². The van der Waals surface area contributed by atoms with Crippen molar-refractivity contribution < 1.29 is 22.7 Å². The van der Waals surface area contributed by atoms with Crippen molar-refractivity contribution in [1.29, 1.82) is 0 Å². The van der Waals surface area contributed by atoms with Crippen molar-refractivity contribution >= 4 is 43.5 Å². The maximum atomic E-state index is 13.7. The SMILES string of the molecule is COc1ccccc1N(CC(=O)N(Cc1cccc(Br)c1)[C@@H](C)C(=O)NC1CCCCC1)S(C)(=O)=O. The quantitative estimate of drug-likeness (QED) is 0.457. The van der Waals surface area contributed by atoms with Gasteiger partial charge in [-0.2, -0.15) is 0 Å². The van der Waals surface area contributed by atoms with E-state index in [-0.39, 0.29) is 24.2 Å². The topological polar surface area (TPSA) is 96.0 Å². The molecule has 0 radical (unpaired) electrons. The van der Waals surface area contributed by atoms with Crippen molar-refractivity contribution in [2.75, 3.05) is 24.2 Å². The Morgan fingerprint density at radius 1 is 1.11 bits per heavy atom. The third-order valence-corrected chi connectivity index (χ3v) is 8.01. The molecule has 2 aromatic rings. The molecular weight excluding hydrogens is 546 g/mol. The summed E-state index contributed by atoms with van der Waals surface area (Å²) in [5, 5.41) is 3.09. The van der Waals surface area contributed by atoms with Crippen LogP contribution in [-0.2, 0) is 26.2 Å². The number of hydrogen-bond donors (Lipinski definition) is 1. The molecule has 1 N–H and O–H groups in total. The minimum Gasteiger partial charge on any atom is -0.495 e. The van der Waals surface area contributed by atoms with Crippen molar-refractivity contribution in [3.05, 3.63) is 58.6 Å². The highest BCUT2D eigenvalue weighted by atomic mass is 79.9. The van der Waals surface area contributed by atoms with E-state index in [9.17, 15) is 18.0 Å². The lowest BCUT2D eigenvalue weighted by Crippen LogP contribution is -2.53. The zero-order chi connectivity index (χ0) is 26.3. The average Bonchev–Trinajstić information content (AvgIpc) is 2.85. The van der Waals surface area contributed by atoms with Crippen LogP contribution in [0.2, 0.25) is 0 Å². The van der Waals surface area contributed by atoms with Gasteiger partial charge in [-0.1, -0.05) is 59.5 Å². The number of rotatable bonds is 10. The number of sulfonamides is 1. The summed E-state index contributed by atoms with van der Waals surface area (Å²) in [5.74, 6) is -0.400. The molecule has 196 valence electrons. The summed E-state index contributed by atoms with van der Waals surface area (Å²) >= 11 is 3.45. The molecule has 0 spiro atoms. The monoisotopic (exact) mass is 579 g/mol. The third-order valence-electron chi connectivity index (χ3n) is 6.39. The Morgan fingerprint density at radius 3 is 2.44 bits per heavy atom. The molecule has 8 nitrogen and oxygen atoms in total. The van der Waals surface area contributed by atoms with Gasteiger partial charge < -0.3 is 15.0 Å². The molecule has 10 heteroatoms. The Bertz CT molecular complexity index is 1170. The first-order valence-electron chi connectivity index (χ1n) is 12.0. The smallest absolute Gasteiger partial charge is 0.244 e. The van der Waals surface area contributed by atoms with E-state index in [4.69, 9.17) is 4.74 Å². The first-order chi connectivity index (χ1) is 17.1. The van der Waals surface area contributed by atoms with E-state index in [1.807, 2.05) is 24.3 Å². The third kappa shape index (κ3) is 7.46. The minimum absolute atomic E-state index is 0.0950. The van der Waals surface area contributed by atoms with Gasteiger partial charge in [0.15, 0.2) is 0 Å². The molecule has 0 heterocycles. The molecule has 1 fully saturated rings. The summed E-state index contributed by atoms with van der Waals surface area (Å²) in [7, 11) is -2.39. The first kappa shape index (κ1) is 28.0. The Hall–Kier alpha value is -2.59. The number of nitrogens with zero attached hydrogens (tertiary/aromatic N) is 2. The second kappa shape index (κ2) is 12.6. The number of nitrogens with one attached hydrogen (secondary N) is 1. The van der Waals surface area contributed by atoms with E-state index in [0.29, 0.717) is 5.75 Å². The molecule has 36 heavy (non-hydrogen) atoms. The van der Waals surface area contributed by atoms with Crippen LogP contribution in [0.1, 0.15) is 44.6 Å². The van der Waals surface area contributed by atoms with Crippen LogP contribution in [0, 0.1) is 0 Å². The van der Waals surface area contributed by atoms with Crippen molar-refractivity contribution in [3.8, 4) is 5.75 Å². The molecule has 0 saturated heterocycles. The number of benzene rings is 2. The highest BCUT2D eigenvalue weighted by Crippen LogP contribution is 2.30. The Morgan fingerprint density at radius 2 is 1.81 bits per heavy atom. The lowest BCUT2D eigenvalue weighted by atomic mass is 9.95. The number of methoxy groups -OCH3 is 1. The highest BCUT2D eigenvalue weighted by Gasteiger charge is 2.32. The van der Waals surface area contributed by atoms with Crippen LogP contribution in [0.15, 0.2) is 53.0 Å². The fraction of sp³-hybridized carbons (Fsp3) is 0.462. The van der Waals surface area contributed by atoms with E-state index in [1.165, 1.54) is 18.4 Å². The number of halogens is 1. The van der Waals surface area contributed by atoms with E-state index >= 15 is 0 Å². The van der Waals surface area contributed by atoms with E-state index in [1.54, 1.807) is 31.2 Å². The molecule has 3 rings (SSSR count). The van der Waals surface area contributed by atoms with Crippen LogP contribution in [0.5, 0.6) is 5.75 Å². The molecule has 0 bridgehead atoms. The summed E-state index contributed by atoms with van der Waals surface area (Å²) < 4.78 is 32.7. The van der Waals surface area contributed by atoms with Gasteiger partial charge in [0.25, 0.3) is 0 Å². The molecule has 1 aliphatic carbocycles. The zero-order valence-electron chi connectivity index (χ0n) is 20.9. The maximum absolute atomic E-state index is 13.7. The largest absolute Gasteiger partial charge is 0.495 e. The molecule has 0 aromatic heterocycles. The highest BCUT2D eigenvalue weighted by molar-refractivity contribution is 9.10. The number of carbonyl (C=O) groups excluding carboxylic acids is 2. The molecule has 2 amide bonds. The molecule has 2 aromatic carbocycles. The first-order valence-corrected chi connectivity index (χ1v) is 14.7. The van der Waals surface area contributed by atoms with Gasteiger partial charge in [-0.25, -0.2) is 8.42 Å². The van der Waals surface area contributed by atoms with E-state index in [0.717, 1.165) is 46.3 Å². The second-order valence-electron chi connectivity index (χ2n) is 9.11. The van der Waals surface area contributed by atoms with Crippen LogP contribution >= 0.6 is 15.9 Å². The average molecular weight is 581 g/mol. The number of hydrogen-bond acceptors (Lipinski definition) is 5. The number of anilines is 1. The predicted octanol–water partition coefficient (Wildman–Crippen LogP) is 4.09. The maximum Gasteiger partial charge on any atom is 0.244 e. The van der Waals surface area contributed by atoms with Crippen molar-refractivity contribution in [2.45, 2.75) is 57.7 Å². The lowest BCUT2D eigenvalue weighted by Gasteiger charge is -2.33. The summed E-state index contributed by atoms with van der Waals surface area (Å²) in [6, 6.07) is 13.4. The van der Waals surface area contributed by atoms with Gasteiger partial charge in [0.1, 0.15) is 18.3 Å². The van der Waals surface area contributed by atoms with Gasteiger partial charge in [-0.05, 0) is 49.6 Å². The molecule has 0 aliphatic heterocycles. The standard InChI is InChI=1S/C26H34BrN3O5S/c1-19(26(32)28-22-12-5-4-6-13-22)29(17-20-10-9-11-21(27)16-20)25(31)18-30(36(3,33)34)23-14-7-8-15-24(23)35-2/h7-11,14-16,19,22H,4-6,12-13,17-18H2,1-3H3,(H,28,32)/t19-/m0/s1. The van der Waals surface area contributed by atoms with E-state index in [2.05, 4.69) is 21.2 Å². The predicted molar refractivity (Wildman–Crippen MR) is 144 cm³/mol. The molecule has 0 unspecified atom stereocenters. The van der Waals surface area contributed by atoms with Gasteiger partial charge in [0, 0.05) is 17.1 Å². The van der Waals surface area contributed by atoms with Crippen molar-refractivity contribution in [2.24, 2.45) is 0 Å². The number of carbonyl (C=O) groups is 2. The fourth-order valence-corrected chi connectivity index (χ4v) is 5.71. The molecule has 1 atom stereocenters. The number of para-hydroxylation sites is 2. The summed E-state index contributed by atoms with van der Waals surface area (Å²) in [4.78, 5) is 28.3. The van der Waals surface area contributed by atoms with Gasteiger partial charge in [-0.3, -0.25) is 13.9 Å². The summed E-state index contributed by atoms with van der Waals surface area (Å²) in [6.07, 6.45) is 6.20. The lowest BCUT2D eigenvalue weighted by molar-refractivity contribution is -0.139. The van der Waals surface area contributed by atoms with Crippen LogP contribution in [0.4, 0.5) is 5.69 Å². The summed E-state index contributed by atoms with van der Waals surface area (Å²) in [6.45, 7) is 1.37. The molecule has 1 saturated carbocycles. The minimum atomic E-state index is -3.83. The van der Waals surface area contributed by atoms with Crippen LogP contribution in [-0.4, -0.2) is 57.1 Å². The fourth-order valence-electron chi connectivity index (χ4n) is 4.41. The summed E-state index contributed by atoms with van der Waals surface area (Å²) in [5.41, 5.74) is 1.08. The van der Waals surface area contributed by atoms with Crippen LogP contribution in [0.3, 0.4) is 0 Å². The Labute approximate surface area is 222 Å². The normalized spacial score (nSPS) is 15.1. The number of ether oxygens (including phenoxy) is 1.